The summed E-state index contributed by atoms with van der Waals surface area (Å²) in [5.74, 6) is -2.98. The Morgan fingerprint density at radius 3 is 2.70 bits per heavy atom. The lowest BCUT2D eigenvalue weighted by atomic mass is 10.0. The number of anilines is 3. The number of pyridine rings is 1. The molecule has 1 unspecified atom stereocenters. The second kappa shape index (κ2) is 8.93. The van der Waals surface area contributed by atoms with Gasteiger partial charge in [0, 0.05) is 19.3 Å². The molecular weight excluding hydrogens is 446 g/mol. The summed E-state index contributed by atoms with van der Waals surface area (Å²) in [5.41, 5.74) is -1.94. The number of nitriles is 1. The van der Waals surface area contributed by atoms with Crippen LogP contribution in [0.4, 0.5) is 34.8 Å². The Hall–Kier alpha value is -3.88. The zero-order valence-corrected chi connectivity index (χ0v) is 17.6. The molecule has 174 valence electrons. The van der Waals surface area contributed by atoms with Crippen molar-refractivity contribution in [1.82, 2.24) is 4.98 Å². The molecule has 33 heavy (non-hydrogen) atoms. The molecule has 2 N–H and O–H groups in total. The monoisotopic (exact) mass is 465 g/mol. The van der Waals surface area contributed by atoms with Crippen LogP contribution in [-0.2, 0) is 15.8 Å². The van der Waals surface area contributed by atoms with Gasteiger partial charge in [0.15, 0.2) is 0 Å². The summed E-state index contributed by atoms with van der Waals surface area (Å²) in [6.07, 6.45) is -4.91. The number of halogens is 4. The third-order valence-electron chi connectivity index (χ3n) is 5.16. The van der Waals surface area contributed by atoms with Crippen molar-refractivity contribution in [2.24, 2.45) is 0 Å². The minimum Gasteiger partial charge on any atom is -0.480 e. The summed E-state index contributed by atoms with van der Waals surface area (Å²) in [7, 11) is 1.34. The summed E-state index contributed by atoms with van der Waals surface area (Å²) in [6.45, 7) is 0.658. The number of aryl methyl sites for hydroxylation is 1. The number of para-hydroxylation sites is 1. The molecular formula is C21H19F4N5O3. The molecule has 8 nitrogen and oxygen atoms in total. The zero-order valence-electron chi connectivity index (χ0n) is 17.6. The number of amides is 1. The van der Waals surface area contributed by atoms with E-state index in [4.69, 9.17) is 0 Å². The van der Waals surface area contributed by atoms with Crippen molar-refractivity contribution in [3.63, 3.8) is 0 Å². The van der Waals surface area contributed by atoms with Crippen LogP contribution in [0.5, 0.6) is 0 Å². The first kappa shape index (κ1) is 23.8. The number of carboxylic acid groups (broad SMARTS) is 1. The van der Waals surface area contributed by atoms with Crippen LogP contribution in [0.1, 0.15) is 23.2 Å². The fraction of sp³-hybridized carbons (Fsp3) is 0.333. The number of nitrogens with zero attached hydrogens (tertiary/aromatic N) is 4. The Morgan fingerprint density at radius 1 is 1.39 bits per heavy atom. The van der Waals surface area contributed by atoms with Crippen LogP contribution < -0.4 is 15.1 Å². The van der Waals surface area contributed by atoms with Gasteiger partial charge in [-0.25, -0.2) is 9.37 Å². The number of rotatable bonds is 4. The average molecular weight is 465 g/mol. The molecule has 12 heteroatoms. The molecule has 0 saturated heterocycles. The Balaban J connectivity index is 2.05. The van der Waals surface area contributed by atoms with Gasteiger partial charge in [0.2, 0.25) is 5.91 Å². The Labute approximate surface area is 186 Å². The van der Waals surface area contributed by atoms with Crippen LogP contribution in [0.2, 0.25) is 0 Å². The van der Waals surface area contributed by atoms with E-state index in [2.05, 4.69) is 10.3 Å². The minimum atomic E-state index is -4.81. The molecule has 3 rings (SSSR count). The molecule has 1 amide bonds. The van der Waals surface area contributed by atoms with E-state index >= 15 is 0 Å². The number of carbonyl (C=O) groups is 2. The van der Waals surface area contributed by atoms with Crippen LogP contribution >= 0.6 is 0 Å². The van der Waals surface area contributed by atoms with Gasteiger partial charge in [-0.1, -0.05) is 6.07 Å². The maximum absolute atomic E-state index is 14.6. The number of fused-ring (bicyclic) bond motifs is 1. The van der Waals surface area contributed by atoms with E-state index in [1.54, 1.807) is 0 Å². The van der Waals surface area contributed by atoms with Crippen LogP contribution in [0.25, 0.3) is 0 Å². The van der Waals surface area contributed by atoms with Gasteiger partial charge in [0.05, 0.1) is 16.9 Å². The first-order valence-electron chi connectivity index (χ1n) is 9.72. The number of aliphatic carboxylic acids is 1. The van der Waals surface area contributed by atoms with Crippen LogP contribution in [0.3, 0.4) is 0 Å². The molecule has 1 aromatic carbocycles. The molecule has 1 aliphatic heterocycles. The number of hydrogen-bond donors (Lipinski definition) is 2. The van der Waals surface area contributed by atoms with E-state index in [1.165, 1.54) is 37.1 Å². The lowest BCUT2D eigenvalue weighted by molar-refractivity contribution is -0.138. The van der Waals surface area contributed by atoms with E-state index < -0.39 is 53.4 Å². The Kier molecular flexibility index (Phi) is 6.44. The predicted octanol–water partition coefficient (Wildman–Crippen LogP) is 3.16. The van der Waals surface area contributed by atoms with E-state index in [1.807, 2.05) is 0 Å². The molecule has 0 bridgehead atoms. The van der Waals surface area contributed by atoms with Crippen molar-refractivity contribution >= 4 is 29.1 Å². The highest BCUT2D eigenvalue weighted by molar-refractivity contribution is 6.01. The molecule has 0 radical (unpaired) electrons. The second-order valence-corrected chi connectivity index (χ2v) is 7.45. The minimum absolute atomic E-state index is 0.0182. The number of alkyl halides is 3. The maximum atomic E-state index is 14.6. The largest absolute Gasteiger partial charge is 0.480 e. The highest BCUT2D eigenvalue weighted by atomic mass is 19.4. The fourth-order valence-corrected chi connectivity index (χ4v) is 3.70. The van der Waals surface area contributed by atoms with Gasteiger partial charge in [-0.05, 0) is 31.5 Å². The van der Waals surface area contributed by atoms with Gasteiger partial charge in [-0.3, -0.25) is 9.59 Å². The van der Waals surface area contributed by atoms with Crippen LogP contribution in [0.15, 0.2) is 24.3 Å². The van der Waals surface area contributed by atoms with E-state index in [9.17, 15) is 37.5 Å². The van der Waals surface area contributed by atoms with E-state index in [0.29, 0.717) is 0 Å². The Bertz CT molecular complexity index is 1150. The van der Waals surface area contributed by atoms with E-state index in [0.717, 1.165) is 17.0 Å². The van der Waals surface area contributed by atoms with Crippen molar-refractivity contribution in [2.45, 2.75) is 25.6 Å². The molecule has 0 aliphatic carbocycles. The Morgan fingerprint density at radius 2 is 2.09 bits per heavy atom. The van der Waals surface area contributed by atoms with Gasteiger partial charge < -0.3 is 20.2 Å². The number of carbonyl (C=O) groups excluding carboxylic acids is 1. The van der Waals surface area contributed by atoms with Gasteiger partial charge in [0.25, 0.3) is 0 Å². The standard InChI is InChI=1S/C21H19F4N5O3/c1-11-8-13(21(23,24)25)12(9-26)19(27-11)28-15-6-7-30(10-17(31)32)18-14(22)4-3-5-16(18)29(2)20(15)33/h3-5,8,15H,6-7,10H2,1-2H3,(H,27,28)(H,31,32). The average Bonchev–Trinajstić information content (AvgIpc) is 2.72. The smallest absolute Gasteiger partial charge is 0.417 e. The molecule has 1 atom stereocenters. The zero-order chi connectivity index (χ0) is 24.5. The topological polar surface area (TPSA) is 110 Å². The van der Waals surface area contributed by atoms with Crippen molar-refractivity contribution in [3.8, 4) is 6.07 Å². The molecule has 1 aromatic heterocycles. The van der Waals surface area contributed by atoms with Crippen LogP contribution in [-0.4, -0.2) is 48.1 Å². The molecule has 0 fully saturated rings. The van der Waals surface area contributed by atoms with Gasteiger partial charge in [-0.15, -0.1) is 0 Å². The predicted molar refractivity (Wildman–Crippen MR) is 110 cm³/mol. The fourth-order valence-electron chi connectivity index (χ4n) is 3.70. The van der Waals surface area contributed by atoms with Crippen molar-refractivity contribution in [1.29, 1.82) is 5.26 Å². The summed E-state index contributed by atoms with van der Waals surface area (Å²) in [4.78, 5) is 30.8. The lowest BCUT2D eigenvalue weighted by Gasteiger charge is -2.35. The SMILES string of the molecule is Cc1cc(C(F)(F)F)c(C#N)c(NC2CCN(CC(=O)O)c3c(F)cccc3N(C)C2=O)n1. The van der Waals surface area contributed by atoms with Gasteiger partial charge in [-0.2, -0.15) is 18.4 Å². The number of likely N-dealkylation sites (N-methyl/N-ethyl adjacent to an activating group) is 1. The summed E-state index contributed by atoms with van der Waals surface area (Å²) in [6, 6.07) is 4.99. The van der Waals surface area contributed by atoms with Crippen molar-refractivity contribution < 1.29 is 32.3 Å². The second-order valence-electron chi connectivity index (χ2n) is 7.45. The van der Waals surface area contributed by atoms with Gasteiger partial charge in [0.1, 0.15) is 35.9 Å². The molecule has 0 spiro atoms. The van der Waals surface area contributed by atoms with Crippen molar-refractivity contribution in [2.75, 3.05) is 35.3 Å². The maximum Gasteiger partial charge on any atom is 0.417 e. The number of aromatic nitrogens is 1. The number of carboxylic acids is 1. The van der Waals surface area contributed by atoms with Gasteiger partial charge >= 0.3 is 12.1 Å². The highest BCUT2D eigenvalue weighted by Crippen LogP contribution is 2.37. The van der Waals surface area contributed by atoms with Crippen molar-refractivity contribution in [3.05, 3.63) is 46.9 Å². The molecule has 0 saturated carbocycles. The first-order chi connectivity index (χ1) is 15.4. The van der Waals surface area contributed by atoms with Crippen LogP contribution in [0, 0.1) is 24.1 Å². The quantitative estimate of drug-likeness (QED) is 0.668. The third kappa shape index (κ3) is 4.82. The normalized spacial score (nSPS) is 16.5. The lowest BCUT2D eigenvalue weighted by Crippen LogP contribution is -2.47. The third-order valence-corrected chi connectivity index (χ3v) is 5.16. The van der Waals surface area contributed by atoms with E-state index in [-0.39, 0.29) is 30.0 Å². The number of benzene rings is 1. The summed E-state index contributed by atoms with van der Waals surface area (Å²) < 4.78 is 54.9. The first-order valence-corrected chi connectivity index (χ1v) is 9.72. The summed E-state index contributed by atoms with van der Waals surface area (Å²) in [5, 5.41) is 21.2. The molecule has 2 aromatic rings. The summed E-state index contributed by atoms with van der Waals surface area (Å²) >= 11 is 0. The number of hydrogen-bond acceptors (Lipinski definition) is 6. The molecule has 2 heterocycles. The highest BCUT2D eigenvalue weighted by Gasteiger charge is 2.37. The number of nitrogens with one attached hydrogen (secondary N) is 1. The molecule has 1 aliphatic rings.